The normalized spacial score (nSPS) is 14.5. The molecule has 16 N–H and O–H groups in total. The van der Waals surface area contributed by atoms with Crippen molar-refractivity contribution in [1.82, 2.24) is 57.5 Å². The average Bonchev–Trinajstić information content (AvgIpc) is 4.04. The maximum absolute atomic E-state index is 14.2. The van der Waals surface area contributed by atoms with E-state index in [9.17, 15) is 43.2 Å². The lowest BCUT2D eigenvalue weighted by molar-refractivity contribution is -0.135. The van der Waals surface area contributed by atoms with Gasteiger partial charge in [0.1, 0.15) is 36.3 Å². The number of para-hydroxylation sites is 1. The molecule has 2 aromatic carbocycles. The molecule has 414 valence electrons. The lowest BCUT2D eigenvalue weighted by atomic mass is 10.0. The molecule has 4 rings (SSSR count). The molecule has 0 radical (unpaired) electrons. The van der Waals surface area contributed by atoms with E-state index in [-0.39, 0.29) is 50.6 Å². The first-order valence-electron chi connectivity index (χ1n) is 25.7. The number of hydrogen-bond donors (Lipinski definition) is 13. The van der Waals surface area contributed by atoms with Gasteiger partial charge in [-0.15, -0.1) is 0 Å². The molecular weight excluding hydrogens is 977 g/mol. The Bertz CT molecular complexity index is 2570. The number of nitrogens with one attached hydrogen (secondary N) is 10. The van der Waals surface area contributed by atoms with Crippen LogP contribution in [0.25, 0.3) is 10.9 Å². The first-order valence-corrected chi connectivity index (χ1v) is 25.7. The number of rotatable bonds is 31. The van der Waals surface area contributed by atoms with Gasteiger partial charge < -0.3 is 69.7 Å². The molecule has 9 amide bonds. The van der Waals surface area contributed by atoms with Crippen molar-refractivity contribution in [3.8, 4) is 0 Å². The second-order valence-corrected chi connectivity index (χ2v) is 20.4. The van der Waals surface area contributed by atoms with Crippen LogP contribution in [0.5, 0.6) is 0 Å². The van der Waals surface area contributed by atoms with E-state index in [4.69, 9.17) is 17.2 Å². The molecule has 23 nitrogen and oxygen atoms in total. The highest BCUT2D eigenvalue weighted by molar-refractivity contribution is 5.98. The van der Waals surface area contributed by atoms with Gasteiger partial charge in [0, 0.05) is 60.8 Å². The van der Waals surface area contributed by atoms with Gasteiger partial charge in [-0.05, 0) is 67.6 Å². The van der Waals surface area contributed by atoms with Gasteiger partial charge in [0.25, 0.3) is 0 Å². The summed E-state index contributed by atoms with van der Waals surface area (Å²) in [5.74, 6) is -6.54. The predicted molar refractivity (Wildman–Crippen MR) is 286 cm³/mol. The zero-order chi connectivity index (χ0) is 56.1. The minimum atomic E-state index is -1.34. The van der Waals surface area contributed by atoms with Crippen molar-refractivity contribution in [2.75, 3.05) is 13.1 Å². The molecule has 0 saturated heterocycles. The molecular formula is C53H78N14O9. The summed E-state index contributed by atoms with van der Waals surface area (Å²) in [7, 11) is 0. The summed E-state index contributed by atoms with van der Waals surface area (Å²) in [6, 6.07) is 7.65. The number of imidazole rings is 1. The minimum absolute atomic E-state index is 0.0171. The van der Waals surface area contributed by atoms with E-state index in [1.165, 1.54) is 19.4 Å². The first kappa shape index (κ1) is 60.9. The molecule has 0 bridgehead atoms. The molecule has 23 heteroatoms. The van der Waals surface area contributed by atoms with Gasteiger partial charge in [-0.3, -0.25) is 43.2 Å². The maximum Gasteiger partial charge on any atom is 0.243 e. The molecule has 0 saturated carbocycles. The average molecular weight is 1060 g/mol. The number of nitrogens with zero attached hydrogens (tertiary/aromatic N) is 1. The number of primary amides is 1. The Balaban J connectivity index is 1.43. The number of nitrogens with two attached hydrogens (primary N) is 3. The van der Waals surface area contributed by atoms with Gasteiger partial charge in [0.15, 0.2) is 0 Å². The molecule has 8 atom stereocenters. The van der Waals surface area contributed by atoms with Crippen molar-refractivity contribution in [1.29, 1.82) is 0 Å². The Morgan fingerprint density at radius 1 is 0.592 bits per heavy atom. The molecule has 2 heterocycles. The smallest absolute Gasteiger partial charge is 0.243 e. The fraction of sp³-hybridized carbons (Fsp3) is 0.509. The maximum atomic E-state index is 14.2. The van der Waals surface area contributed by atoms with Crippen LogP contribution in [0.4, 0.5) is 0 Å². The molecule has 4 aromatic rings. The molecule has 0 aliphatic carbocycles. The van der Waals surface area contributed by atoms with Crippen molar-refractivity contribution in [2.45, 2.75) is 142 Å². The molecule has 0 unspecified atom stereocenters. The second kappa shape index (κ2) is 30.0. The van der Waals surface area contributed by atoms with Crippen LogP contribution in [0, 0.1) is 17.8 Å². The van der Waals surface area contributed by atoms with E-state index >= 15 is 0 Å². The summed E-state index contributed by atoms with van der Waals surface area (Å²) < 4.78 is 0. The number of H-pyrrole nitrogens is 2. The van der Waals surface area contributed by atoms with Crippen LogP contribution in [0.3, 0.4) is 0 Å². The van der Waals surface area contributed by atoms with E-state index in [0.717, 1.165) is 16.5 Å². The third kappa shape index (κ3) is 20.2. The molecule has 76 heavy (non-hydrogen) atoms. The third-order valence-electron chi connectivity index (χ3n) is 12.4. The highest BCUT2D eigenvalue weighted by atomic mass is 16.2. The van der Waals surface area contributed by atoms with Gasteiger partial charge in [-0.25, -0.2) is 4.98 Å². The summed E-state index contributed by atoms with van der Waals surface area (Å²) in [5, 5.41) is 22.1. The van der Waals surface area contributed by atoms with Crippen molar-refractivity contribution < 1.29 is 43.2 Å². The Hall–Kier alpha value is -7.66. The van der Waals surface area contributed by atoms with Crippen LogP contribution in [0.15, 0.2) is 73.3 Å². The largest absolute Gasteiger partial charge is 0.370 e. The first-order chi connectivity index (χ1) is 36.0. The number of carbonyl (C=O) groups excluding carboxylic acids is 9. The predicted octanol–water partition coefficient (Wildman–Crippen LogP) is -0.252. The molecule has 2 aromatic heterocycles. The monoisotopic (exact) mass is 1050 g/mol. The Morgan fingerprint density at radius 3 is 1.86 bits per heavy atom. The summed E-state index contributed by atoms with van der Waals surface area (Å²) >= 11 is 0. The zero-order valence-corrected chi connectivity index (χ0v) is 44.5. The number of fused-ring (bicyclic) bond motifs is 1. The Kier molecular flexibility index (Phi) is 24.1. The summed E-state index contributed by atoms with van der Waals surface area (Å²) in [5.41, 5.74) is 20.5. The topological polar surface area (TPSA) is 372 Å². The SMILES string of the molecule is CC(C)C[C@H](N)CNC(=O)[C@H](CC(C)C)NC(=O)[C@H](Cc1cnc[nH]1)NC(=O)CNC(=O)[C@@H](NC(=O)[C@H](C)NC(=O)[C@H](Cc1c[nH]c2ccccc12)NC(=O)[C@H](CCC(N)=O)NC(=O)[C@H](N)Cc1ccccc1)C(C)C. The van der Waals surface area contributed by atoms with Crippen molar-refractivity contribution in [2.24, 2.45) is 35.0 Å². The van der Waals surface area contributed by atoms with Crippen LogP contribution in [0.1, 0.15) is 91.0 Å². The Labute approximate surface area is 443 Å². The van der Waals surface area contributed by atoms with Crippen molar-refractivity contribution in [3.05, 3.63) is 90.1 Å². The fourth-order valence-electron chi connectivity index (χ4n) is 8.36. The molecule has 0 aliphatic heterocycles. The van der Waals surface area contributed by atoms with E-state index < -0.39 is 108 Å². The summed E-state index contributed by atoms with van der Waals surface area (Å²) in [4.78, 5) is 131. The van der Waals surface area contributed by atoms with Crippen molar-refractivity contribution in [3.63, 3.8) is 0 Å². The number of benzene rings is 2. The van der Waals surface area contributed by atoms with Crippen LogP contribution < -0.4 is 59.7 Å². The van der Waals surface area contributed by atoms with E-state index in [0.29, 0.717) is 30.0 Å². The molecule has 0 spiro atoms. The second-order valence-electron chi connectivity index (χ2n) is 20.4. The van der Waals surface area contributed by atoms with Gasteiger partial charge in [0.2, 0.25) is 53.2 Å². The lowest BCUT2D eigenvalue weighted by Crippen LogP contribution is -2.59. The molecule has 0 aliphatic rings. The number of amides is 9. The number of hydrogen-bond acceptors (Lipinski definition) is 12. The van der Waals surface area contributed by atoms with Crippen LogP contribution in [-0.4, -0.2) is 130 Å². The van der Waals surface area contributed by atoms with Gasteiger partial charge in [0.05, 0.1) is 18.9 Å². The van der Waals surface area contributed by atoms with Crippen LogP contribution >= 0.6 is 0 Å². The van der Waals surface area contributed by atoms with Gasteiger partial charge in [-0.2, -0.15) is 0 Å². The third-order valence-corrected chi connectivity index (χ3v) is 12.4. The van der Waals surface area contributed by atoms with E-state index in [2.05, 4.69) is 57.5 Å². The fourth-order valence-corrected chi connectivity index (χ4v) is 8.36. The van der Waals surface area contributed by atoms with Crippen molar-refractivity contribution >= 4 is 64.1 Å². The quantitative estimate of drug-likeness (QED) is 0.0310. The minimum Gasteiger partial charge on any atom is -0.370 e. The number of aromatic nitrogens is 3. The number of aromatic amines is 2. The van der Waals surface area contributed by atoms with E-state index in [1.54, 1.807) is 50.4 Å². The van der Waals surface area contributed by atoms with Crippen LogP contribution in [0.2, 0.25) is 0 Å². The highest BCUT2D eigenvalue weighted by Crippen LogP contribution is 2.20. The summed E-state index contributed by atoms with van der Waals surface area (Å²) in [6.45, 7) is 12.2. The molecule has 0 fully saturated rings. The zero-order valence-electron chi connectivity index (χ0n) is 44.5. The van der Waals surface area contributed by atoms with Gasteiger partial charge in [-0.1, -0.05) is 90.1 Å². The summed E-state index contributed by atoms with van der Waals surface area (Å²) in [6.07, 6.45) is 5.13. The lowest BCUT2D eigenvalue weighted by Gasteiger charge is -2.27. The van der Waals surface area contributed by atoms with E-state index in [1.807, 2.05) is 52.0 Å². The Morgan fingerprint density at radius 2 is 1.21 bits per heavy atom. The number of carbonyl (C=O) groups is 9. The highest BCUT2D eigenvalue weighted by Gasteiger charge is 2.33. The van der Waals surface area contributed by atoms with Crippen LogP contribution in [-0.2, 0) is 62.4 Å². The van der Waals surface area contributed by atoms with Gasteiger partial charge >= 0.3 is 0 Å². The standard InChI is InChI=1S/C53H78N14O9/c1-29(2)19-35(54)25-59-49(72)41(20-30(3)4)65-52(75)43(23-36-26-57-28-61-36)63-45(69)27-60-53(76)46(31(5)6)67-47(70)32(7)62-51(74)42(22-34-24-58-39-16-12-11-15-37(34)39)66-50(73)40(17-18-44(56)68)64-48(71)38(55)21-33-13-9-8-10-14-33/h8-16,24,26,28-32,35,38,40-43,46,58H,17-23,25,27,54-55H2,1-7H3,(H2,56,68)(H,57,61)(H,59,72)(H,60,76)(H,62,74)(H,63,69)(H,64,71)(H,65,75)(H,66,73)(H,67,70)/t32-,35-,38+,40-,41-,42-,43-,46-/m0/s1.